The molecule has 2 rings (SSSR count). The van der Waals surface area contributed by atoms with E-state index in [1.165, 1.54) is 0 Å². The summed E-state index contributed by atoms with van der Waals surface area (Å²) in [6.07, 6.45) is 1.84. The van der Waals surface area contributed by atoms with E-state index < -0.39 is 9.84 Å². The molecule has 1 fully saturated rings. The Bertz CT molecular complexity index is 546. The van der Waals surface area contributed by atoms with Crippen molar-refractivity contribution in [3.8, 4) is 0 Å². The van der Waals surface area contributed by atoms with Crippen molar-refractivity contribution in [3.05, 3.63) is 29.6 Å². The molecule has 0 amide bonds. The first-order valence-electron chi connectivity index (χ1n) is 7.67. The Kier molecular flexibility index (Phi) is 6.14. The van der Waals surface area contributed by atoms with Crippen LogP contribution in [0, 0.1) is 0 Å². The molecule has 0 atom stereocenters. The summed E-state index contributed by atoms with van der Waals surface area (Å²) in [5, 5.41) is 3.35. The lowest BCUT2D eigenvalue weighted by Gasteiger charge is -2.18. The van der Waals surface area contributed by atoms with Crippen molar-refractivity contribution in [2.24, 2.45) is 0 Å². The Balaban J connectivity index is 1.91. The maximum Gasteiger partial charge on any atom is 0.151 e. The molecule has 1 aromatic heterocycles. The van der Waals surface area contributed by atoms with E-state index in [1.54, 1.807) is 0 Å². The maximum atomic E-state index is 11.6. The highest BCUT2D eigenvalue weighted by atomic mass is 32.2. The van der Waals surface area contributed by atoms with Gasteiger partial charge in [-0.05, 0) is 38.1 Å². The Morgan fingerprint density at radius 3 is 2.86 bits per heavy atom. The Hall–Kier alpha value is -0.980. The Morgan fingerprint density at radius 2 is 2.05 bits per heavy atom. The summed E-state index contributed by atoms with van der Waals surface area (Å²) in [6, 6.07) is 6.07. The largest absolute Gasteiger partial charge is 0.311 e. The summed E-state index contributed by atoms with van der Waals surface area (Å²) in [5.41, 5.74) is 2.06. The molecular weight excluding hydrogens is 286 g/mol. The molecule has 0 bridgehead atoms. The first-order chi connectivity index (χ1) is 10.1. The number of nitrogens with one attached hydrogen (secondary N) is 1. The van der Waals surface area contributed by atoms with E-state index in [2.05, 4.69) is 22.1 Å². The summed E-state index contributed by atoms with van der Waals surface area (Å²) in [7, 11) is -2.84. The molecule has 21 heavy (non-hydrogen) atoms. The summed E-state index contributed by atoms with van der Waals surface area (Å²) in [4.78, 5) is 6.84. The summed E-state index contributed by atoms with van der Waals surface area (Å²) < 4.78 is 23.2. The number of hydrogen-bond acceptors (Lipinski definition) is 5. The second kappa shape index (κ2) is 7.87. The zero-order chi connectivity index (χ0) is 15.1. The molecule has 1 aromatic rings. The molecule has 1 aliphatic rings. The minimum absolute atomic E-state index is 0.269. The number of aromatic nitrogens is 1. The van der Waals surface area contributed by atoms with Gasteiger partial charge in [-0.2, -0.15) is 0 Å². The fourth-order valence-corrected chi connectivity index (χ4v) is 3.80. The number of nitrogens with zero attached hydrogens (tertiary/aromatic N) is 2. The van der Waals surface area contributed by atoms with E-state index in [0.717, 1.165) is 50.4 Å². The third-order valence-electron chi connectivity index (χ3n) is 3.63. The highest BCUT2D eigenvalue weighted by molar-refractivity contribution is 7.91. The normalized spacial score (nSPS) is 19.3. The van der Waals surface area contributed by atoms with Crippen molar-refractivity contribution >= 4 is 9.84 Å². The van der Waals surface area contributed by atoms with Crippen LogP contribution < -0.4 is 5.32 Å². The van der Waals surface area contributed by atoms with Crippen molar-refractivity contribution in [2.45, 2.75) is 32.9 Å². The SMILES string of the molecule is CCCNCc1cccc(CN2CCCS(=O)(=O)CC2)n1. The number of pyridine rings is 1. The molecule has 1 N–H and O–H groups in total. The van der Waals surface area contributed by atoms with Gasteiger partial charge in [-0.1, -0.05) is 13.0 Å². The summed E-state index contributed by atoms with van der Waals surface area (Å²) in [5.74, 6) is 0.586. The highest BCUT2D eigenvalue weighted by Gasteiger charge is 2.19. The predicted octanol–water partition coefficient (Wildman–Crippen LogP) is 1.20. The molecule has 1 aliphatic heterocycles. The van der Waals surface area contributed by atoms with Crippen LogP contribution in [0.25, 0.3) is 0 Å². The standard InChI is InChI=1S/C15H25N3O2S/c1-2-7-16-12-14-5-3-6-15(17-14)13-18-8-4-10-21(19,20)11-9-18/h3,5-6,16H,2,4,7-13H2,1H3. The topological polar surface area (TPSA) is 62.3 Å². The molecule has 1 saturated heterocycles. The van der Waals surface area contributed by atoms with Gasteiger partial charge < -0.3 is 5.32 Å². The van der Waals surface area contributed by atoms with Crippen molar-refractivity contribution in [1.29, 1.82) is 0 Å². The number of rotatable bonds is 6. The summed E-state index contributed by atoms with van der Waals surface area (Å²) in [6.45, 7) is 6.11. The molecule has 5 nitrogen and oxygen atoms in total. The lowest BCUT2D eigenvalue weighted by atomic mass is 10.2. The zero-order valence-electron chi connectivity index (χ0n) is 12.7. The van der Waals surface area contributed by atoms with Crippen molar-refractivity contribution in [2.75, 3.05) is 31.1 Å². The lowest BCUT2D eigenvalue weighted by molar-refractivity contribution is 0.283. The first-order valence-corrected chi connectivity index (χ1v) is 9.49. The zero-order valence-corrected chi connectivity index (χ0v) is 13.5. The second-order valence-electron chi connectivity index (χ2n) is 5.58. The third kappa shape index (κ3) is 5.73. The molecule has 0 spiro atoms. The molecule has 6 heteroatoms. The molecular formula is C15H25N3O2S. The van der Waals surface area contributed by atoms with Crippen LogP contribution in [0.1, 0.15) is 31.2 Å². The predicted molar refractivity (Wildman–Crippen MR) is 84.8 cm³/mol. The molecule has 0 unspecified atom stereocenters. The minimum Gasteiger partial charge on any atom is -0.311 e. The highest BCUT2D eigenvalue weighted by Crippen LogP contribution is 2.09. The molecule has 0 aliphatic carbocycles. The maximum absolute atomic E-state index is 11.6. The molecule has 118 valence electrons. The van der Waals surface area contributed by atoms with Crippen LogP contribution >= 0.6 is 0 Å². The number of sulfone groups is 1. The van der Waals surface area contributed by atoms with Gasteiger partial charge in [0, 0.05) is 19.6 Å². The Morgan fingerprint density at radius 1 is 1.24 bits per heavy atom. The first kappa shape index (κ1) is 16.4. The van der Waals surface area contributed by atoms with Crippen LogP contribution in [0.15, 0.2) is 18.2 Å². The monoisotopic (exact) mass is 311 g/mol. The minimum atomic E-state index is -2.84. The average Bonchev–Trinajstić information content (AvgIpc) is 2.61. The van der Waals surface area contributed by atoms with Crippen LogP contribution in [0.5, 0.6) is 0 Å². The van der Waals surface area contributed by atoms with E-state index >= 15 is 0 Å². The van der Waals surface area contributed by atoms with E-state index in [1.807, 2.05) is 18.2 Å². The van der Waals surface area contributed by atoms with Crippen molar-refractivity contribution in [1.82, 2.24) is 15.2 Å². The van der Waals surface area contributed by atoms with Gasteiger partial charge in [0.25, 0.3) is 0 Å². The van der Waals surface area contributed by atoms with E-state index in [0.29, 0.717) is 12.3 Å². The van der Waals surface area contributed by atoms with Gasteiger partial charge in [0.05, 0.1) is 22.9 Å². The van der Waals surface area contributed by atoms with Crippen molar-refractivity contribution < 1.29 is 8.42 Å². The number of hydrogen-bond donors (Lipinski definition) is 1. The average molecular weight is 311 g/mol. The van der Waals surface area contributed by atoms with Gasteiger partial charge in [0.1, 0.15) is 0 Å². The fraction of sp³-hybridized carbons (Fsp3) is 0.667. The van der Waals surface area contributed by atoms with Gasteiger partial charge in [-0.15, -0.1) is 0 Å². The Labute approximate surface area is 127 Å². The van der Waals surface area contributed by atoms with Crippen LogP contribution in [0.3, 0.4) is 0 Å². The van der Waals surface area contributed by atoms with Crippen molar-refractivity contribution in [3.63, 3.8) is 0 Å². The van der Waals surface area contributed by atoms with E-state index in [4.69, 9.17) is 0 Å². The molecule has 0 radical (unpaired) electrons. The van der Waals surface area contributed by atoms with Gasteiger partial charge >= 0.3 is 0 Å². The van der Waals surface area contributed by atoms with E-state index in [9.17, 15) is 8.42 Å². The van der Waals surface area contributed by atoms with Gasteiger partial charge in [-0.3, -0.25) is 9.88 Å². The van der Waals surface area contributed by atoms with Crippen LogP contribution in [-0.4, -0.2) is 49.4 Å². The smallest absolute Gasteiger partial charge is 0.151 e. The molecule has 0 saturated carbocycles. The fourth-order valence-electron chi connectivity index (χ4n) is 2.49. The van der Waals surface area contributed by atoms with E-state index in [-0.39, 0.29) is 5.75 Å². The van der Waals surface area contributed by atoms with Crippen LogP contribution in [-0.2, 0) is 22.9 Å². The molecule has 0 aromatic carbocycles. The van der Waals surface area contributed by atoms with Gasteiger partial charge in [0.15, 0.2) is 9.84 Å². The third-order valence-corrected chi connectivity index (χ3v) is 5.35. The van der Waals surface area contributed by atoms with Crippen LogP contribution in [0.4, 0.5) is 0 Å². The quantitative estimate of drug-likeness (QED) is 0.800. The molecule has 2 heterocycles. The van der Waals surface area contributed by atoms with Crippen LogP contribution in [0.2, 0.25) is 0 Å². The van der Waals surface area contributed by atoms with Gasteiger partial charge in [0.2, 0.25) is 0 Å². The summed E-state index contributed by atoms with van der Waals surface area (Å²) >= 11 is 0. The lowest BCUT2D eigenvalue weighted by Crippen LogP contribution is -2.27. The van der Waals surface area contributed by atoms with Gasteiger partial charge in [-0.25, -0.2) is 8.42 Å². The second-order valence-corrected chi connectivity index (χ2v) is 7.88.